The number of ether oxygens (including phenoxy) is 2. The minimum Gasteiger partial charge on any atom is -0.493 e. The van der Waals surface area contributed by atoms with Crippen molar-refractivity contribution < 1.29 is 14.3 Å². The molecule has 6 heteroatoms. The number of halogens is 1. The molecule has 176 valence electrons. The predicted molar refractivity (Wildman–Crippen MR) is 136 cm³/mol. The smallest absolute Gasteiger partial charge is 0.262 e. The van der Waals surface area contributed by atoms with Crippen molar-refractivity contribution in [2.75, 3.05) is 19.0 Å². The van der Waals surface area contributed by atoms with Crippen LogP contribution < -0.4 is 20.1 Å². The molecule has 0 bridgehead atoms. The van der Waals surface area contributed by atoms with Crippen molar-refractivity contribution >= 4 is 24.0 Å². The SMILES string of the molecule is CCCC(NCc1ccc(OCC(=O)Nc2ccc(C)cc2)c(OC)c1)c1ccccc1.Cl. The Morgan fingerprint density at radius 3 is 2.36 bits per heavy atom. The Kier molecular flexibility index (Phi) is 10.7. The van der Waals surface area contributed by atoms with Gasteiger partial charge in [0.15, 0.2) is 18.1 Å². The minimum absolute atomic E-state index is 0. The second kappa shape index (κ2) is 13.5. The molecule has 33 heavy (non-hydrogen) atoms. The lowest BCUT2D eigenvalue weighted by molar-refractivity contribution is -0.118. The largest absolute Gasteiger partial charge is 0.493 e. The van der Waals surface area contributed by atoms with Crippen LogP contribution in [0.4, 0.5) is 5.69 Å². The fourth-order valence-corrected chi connectivity index (χ4v) is 3.52. The molecule has 0 aliphatic heterocycles. The number of rotatable bonds is 11. The van der Waals surface area contributed by atoms with E-state index in [1.807, 2.05) is 55.5 Å². The van der Waals surface area contributed by atoms with Crippen molar-refractivity contribution in [1.29, 1.82) is 0 Å². The molecule has 0 aliphatic rings. The summed E-state index contributed by atoms with van der Waals surface area (Å²) < 4.78 is 11.2. The number of anilines is 1. The highest BCUT2D eigenvalue weighted by molar-refractivity contribution is 5.91. The van der Waals surface area contributed by atoms with Gasteiger partial charge in [-0.3, -0.25) is 4.79 Å². The predicted octanol–water partition coefficient (Wildman–Crippen LogP) is 6.07. The van der Waals surface area contributed by atoms with E-state index in [4.69, 9.17) is 9.47 Å². The van der Waals surface area contributed by atoms with Crippen LogP contribution in [0, 0.1) is 6.92 Å². The number of hydrogen-bond donors (Lipinski definition) is 2. The van der Waals surface area contributed by atoms with Gasteiger partial charge in [-0.15, -0.1) is 12.4 Å². The van der Waals surface area contributed by atoms with Crippen LogP contribution in [0.5, 0.6) is 11.5 Å². The van der Waals surface area contributed by atoms with E-state index in [9.17, 15) is 4.79 Å². The lowest BCUT2D eigenvalue weighted by Crippen LogP contribution is -2.21. The Bertz CT molecular complexity index is 994. The molecular formula is C27H33ClN2O3. The van der Waals surface area contributed by atoms with E-state index in [0.717, 1.165) is 29.7 Å². The lowest BCUT2D eigenvalue weighted by Gasteiger charge is -2.19. The number of aryl methyl sites for hydroxylation is 1. The quantitative estimate of drug-likeness (QED) is 0.358. The monoisotopic (exact) mass is 468 g/mol. The van der Waals surface area contributed by atoms with Gasteiger partial charge in [0.05, 0.1) is 7.11 Å². The van der Waals surface area contributed by atoms with Crippen LogP contribution in [-0.4, -0.2) is 19.6 Å². The Hall–Kier alpha value is -3.02. The number of benzene rings is 3. The summed E-state index contributed by atoms with van der Waals surface area (Å²) in [4.78, 5) is 12.2. The van der Waals surface area contributed by atoms with Crippen LogP contribution in [0.2, 0.25) is 0 Å². The second-order valence-electron chi connectivity index (χ2n) is 7.82. The van der Waals surface area contributed by atoms with Crippen molar-refractivity contribution in [2.45, 2.75) is 39.3 Å². The van der Waals surface area contributed by atoms with E-state index in [1.165, 1.54) is 5.56 Å². The topological polar surface area (TPSA) is 59.6 Å². The summed E-state index contributed by atoms with van der Waals surface area (Å²) in [6.45, 7) is 4.83. The highest BCUT2D eigenvalue weighted by atomic mass is 35.5. The Morgan fingerprint density at radius 1 is 0.970 bits per heavy atom. The summed E-state index contributed by atoms with van der Waals surface area (Å²) in [6, 6.07) is 24.3. The first-order valence-electron chi connectivity index (χ1n) is 11.0. The summed E-state index contributed by atoms with van der Waals surface area (Å²) in [5, 5.41) is 6.48. The molecule has 0 aliphatic carbocycles. The van der Waals surface area contributed by atoms with E-state index in [0.29, 0.717) is 24.1 Å². The van der Waals surface area contributed by atoms with Crippen LogP contribution in [0.25, 0.3) is 0 Å². The number of nitrogens with one attached hydrogen (secondary N) is 2. The first-order valence-corrected chi connectivity index (χ1v) is 11.0. The average Bonchev–Trinajstić information content (AvgIpc) is 2.82. The number of hydrogen-bond acceptors (Lipinski definition) is 4. The summed E-state index contributed by atoms with van der Waals surface area (Å²) in [7, 11) is 1.61. The molecule has 0 spiro atoms. The molecule has 2 N–H and O–H groups in total. The normalized spacial score (nSPS) is 11.2. The van der Waals surface area contributed by atoms with Gasteiger partial charge in [-0.2, -0.15) is 0 Å². The van der Waals surface area contributed by atoms with Gasteiger partial charge in [0.1, 0.15) is 0 Å². The highest BCUT2D eigenvalue weighted by Gasteiger charge is 2.12. The summed E-state index contributed by atoms with van der Waals surface area (Å²) in [5.74, 6) is 0.939. The average molecular weight is 469 g/mol. The third kappa shape index (κ3) is 8.12. The molecule has 0 saturated carbocycles. The maximum atomic E-state index is 12.2. The van der Waals surface area contributed by atoms with E-state index >= 15 is 0 Å². The first-order chi connectivity index (χ1) is 15.6. The van der Waals surface area contributed by atoms with Crippen molar-refractivity contribution in [3.63, 3.8) is 0 Å². The molecule has 1 unspecified atom stereocenters. The molecule has 1 amide bonds. The highest BCUT2D eigenvalue weighted by Crippen LogP contribution is 2.28. The molecule has 3 rings (SSSR count). The van der Waals surface area contributed by atoms with Crippen LogP contribution in [0.1, 0.15) is 42.5 Å². The second-order valence-corrected chi connectivity index (χ2v) is 7.82. The summed E-state index contributed by atoms with van der Waals surface area (Å²) in [6.07, 6.45) is 2.17. The first kappa shape index (κ1) is 26.2. The molecule has 3 aromatic rings. The third-order valence-corrected chi connectivity index (χ3v) is 5.25. The van der Waals surface area contributed by atoms with Gasteiger partial charge in [0, 0.05) is 18.3 Å². The van der Waals surface area contributed by atoms with Crippen LogP contribution in [0.15, 0.2) is 72.8 Å². The fourth-order valence-electron chi connectivity index (χ4n) is 3.52. The maximum absolute atomic E-state index is 12.2. The van der Waals surface area contributed by atoms with E-state index in [-0.39, 0.29) is 24.9 Å². The van der Waals surface area contributed by atoms with Gasteiger partial charge >= 0.3 is 0 Å². The zero-order valence-corrected chi connectivity index (χ0v) is 20.3. The lowest BCUT2D eigenvalue weighted by atomic mass is 10.0. The number of carbonyl (C=O) groups is 1. The van der Waals surface area contributed by atoms with Crippen molar-refractivity contribution in [2.24, 2.45) is 0 Å². The minimum atomic E-state index is -0.216. The van der Waals surface area contributed by atoms with Crippen LogP contribution >= 0.6 is 12.4 Å². The van der Waals surface area contributed by atoms with E-state index in [1.54, 1.807) is 7.11 Å². The zero-order chi connectivity index (χ0) is 22.8. The summed E-state index contributed by atoms with van der Waals surface area (Å²) >= 11 is 0. The molecule has 5 nitrogen and oxygen atoms in total. The number of methoxy groups -OCH3 is 1. The van der Waals surface area contributed by atoms with E-state index < -0.39 is 0 Å². The molecule has 0 radical (unpaired) electrons. The summed E-state index contributed by atoms with van der Waals surface area (Å²) in [5.41, 5.74) is 4.28. The molecule has 0 saturated heterocycles. The van der Waals surface area contributed by atoms with Gasteiger partial charge in [-0.1, -0.05) is 67.4 Å². The van der Waals surface area contributed by atoms with Crippen LogP contribution in [0.3, 0.4) is 0 Å². The molecule has 0 heterocycles. The molecule has 0 fully saturated rings. The van der Waals surface area contributed by atoms with Crippen molar-refractivity contribution in [1.82, 2.24) is 5.32 Å². The Labute approximate surface area is 202 Å². The van der Waals surface area contributed by atoms with Gasteiger partial charge in [0.2, 0.25) is 0 Å². The standard InChI is InChI=1S/C27H32N2O3.ClH/c1-4-8-24(22-9-6-5-7-10-22)28-18-21-13-16-25(26(17-21)31-3)32-19-27(30)29-23-14-11-20(2)12-15-23;/h5-7,9-17,24,28H,4,8,18-19H2,1-3H3,(H,29,30);1H. The number of amides is 1. The van der Waals surface area contributed by atoms with Crippen molar-refractivity contribution in [3.05, 3.63) is 89.5 Å². The van der Waals surface area contributed by atoms with E-state index in [2.05, 4.69) is 41.8 Å². The molecular weight excluding hydrogens is 436 g/mol. The molecule has 3 aromatic carbocycles. The van der Waals surface area contributed by atoms with Gasteiger partial charge < -0.3 is 20.1 Å². The van der Waals surface area contributed by atoms with Crippen LogP contribution in [-0.2, 0) is 11.3 Å². The third-order valence-electron chi connectivity index (χ3n) is 5.25. The Balaban J connectivity index is 0.00000385. The number of carbonyl (C=O) groups excluding carboxylic acids is 1. The fraction of sp³-hybridized carbons (Fsp3) is 0.296. The zero-order valence-electron chi connectivity index (χ0n) is 19.5. The Morgan fingerprint density at radius 2 is 1.70 bits per heavy atom. The maximum Gasteiger partial charge on any atom is 0.262 e. The molecule has 0 aromatic heterocycles. The molecule has 1 atom stereocenters. The van der Waals surface area contributed by atoms with Gasteiger partial charge in [-0.25, -0.2) is 0 Å². The van der Waals surface area contributed by atoms with Gasteiger partial charge in [0.25, 0.3) is 5.91 Å². The van der Waals surface area contributed by atoms with Gasteiger partial charge in [-0.05, 0) is 48.7 Å². The van der Waals surface area contributed by atoms with Crippen molar-refractivity contribution in [3.8, 4) is 11.5 Å².